The van der Waals surface area contributed by atoms with Crippen LogP contribution in [0.15, 0.2) is 90.0 Å². The fourth-order valence-corrected chi connectivity index (χ4v) is 5.28. The number of aryl methyl sites for hydroxylation is 1. The van der Waals surface area contributed by atoms with Crippen molar-refractivity contribution in [1.29, 1.82) is 0 Å². The van der Waals surface area contributed by atoms with Crippen LogP contribution in [0, 0.1) is 18.6 Å². The van der Waals surface area contributed by atoms with Gasteiger partial charge in [-0.15, -0.1) is 0 Å². The average Bonchev–Trinajstić information content (AvgIpc) is 2.87. The number of urea groups is 1. The number of nitrogens with zero attached hydrogens (tertiary/aromatic N) is 1. The summed E-state index contributed by atoms with van der Waals surface area (Å²) in [7, 11) is -2.64. The Labute approximate surface area is 219 Å². The number of hydrogen-bond donors (Lipinski definition) is 2. The van der Waals surface area contributed by atoms with E-state index in [-0.39, 0.29) is 16.9 Å². The summed E-state index contributed by atoms with van der Waals surface area (Å²) < 4.78 is 60.9. The zero-order chi connectivity index (χ0) is 27.3. The molecule has 0 saturated carbocycles. The van der Waals surface area contributed by atoms with Crippen LogP contribution in [0.5, 0.6) is 5.75 Å². The third-order valence-electron chi connectivity index (χ3n) is 5.85. The van der Waals surface area contributed by atoms with Crippen LogP contribution in [0.3, 0.4) is 0 Å². The van der Waals surface area contributed by atoms with Crippen molar-refractivity contribution in [2.24, 2.45) is 0 Å². The van der Waals surface area contributed by atoms with Gasteiger partial charge < -0.3 is 10.1 Å². The largest absolute Gasteiger partial charge is 0.497 e. The first-order valence-electron chi connectivity index (χ1n) is 11.6. The molecule has 10 heteroatoms. The molecule has 1 heterocycles. The molecule has 2 N–H and O–H groups in total. The van der Waals surface area contributed by atoms with E-state index in [4.69, 9.17) is 4.74 Å². The SMILES string of the molecule is COc1ccc(-c2cccnc2C(Cc2cc(F)cc(F)c2)NC(=O)NS(=O)(=O)c2ccccc2C)cc1. The maximum absolute atomic E-state index is 14.0. The smallest absolute Gasteiger partial charge is 0.329 e. The number of carbonyl (C=O) groups excluding carboxylic acids is 1. The van der Waals surface area contributed by atoms with Crippen LogP contribution in [-0.2, 0) is 16.4 Å². The maximum atomic E-state index is 14.0. The maximum Gasteiger partial charge on any atom is 0.329 e. The molecule has 0 saturated heterocycles. The summed E-state index contributed by atoms with van der Waals surface area (Å²) in [4.78, 5) is 17.4. The first kappa shape index (κ1) is 26.7. The van der Waals surface area contributed by atoms with Crippen molar-refractivity contribution in [3.63, 3.8) is 0 Å². The molecule has 4 rings (SSSR count). The van der Waals surface area contributed by atoms with Crippen molar-refractivity contribution in [2.75, 3.05) is 7.11 Å². The molecule has 0 radical (unpaired) electrons. The van der Waals surface area contributed by atoms with Crippen molar-refractivity contribution in [1.82, 2.24) is 15.0 Å². The van der Waals surface area contributed by atoms with E-state index in [2.05, 4.69) is 10.3 Å². The molecular weight excluding hydrogens is 512 g/mol. The Hall–Kier alpha value is -4.31. The predicted octanol–water partition coefficient (Wildman–Crippen LogP) is 5.32. The normalized spacial score (nSPS) is 12.0. The quantitative estimate of drug-likeness (QED) is 0.317. The molecule has 38 heavy (non-hydrogen) atoms. The second-order valence-electron chi connectivity index (χ2n) is 8.54. The van der Waals surface area contributed by atoms with Gasteiger partial charge in [-0.25, -0.2) is 26.7 Å². The number of nitrogens with one attached hydrogen (secondary N) is 2. The highest BCUT2D eigenvalue weighted by atomic mass is 32.2. The summed E-state index contributed by atoms with van der Waals surface area (Å²) in [6.45, 7) is 1.61. The van der Waals surface area contributed by atoms with E-state index in [9.17, 15) is 22.0 Å². The van der Waals surface area contributed by atoms with Crippen LogP contribution < -0.4 is 14.8 Å². The Morgan fingerprint density at radius 3 is 2.32 bits per heavy atom. The van der Waals surface area contributed by atoms with Gasteiger partial charge in [0.15, 0.2) is 0 Å². The lowest BCUT2D eigenvalue weighted by Crippen LogP contribution is -2.42. The number of amides is 2. The van der Waals surface area contributed by atoms with Crippen LogP contribution in [0.25, 0.3) is 11.1 Å². The van der Waals surface area contributed by atoms with Gasteiger partial charge in [0.25, 0.3) is 10.0 Å². The van der Waals surface area contributed by atoms with E-state index in [0.29, 0.717) is 22.6 Å². The monoisotopic (exact) mass is 537 g/mol. The minimum Gasteiger partial charge on any atom is -0.497 e. The fourth-order valence-electron chi connectivity index (χ4n) is 4.11. The van der Waals surface area contributed by atoms with E-state index in [1.54, 1.807) is 68.6 Å². The summed E-state index contributed by atoms with van der Waals surface area (Å²) in [5.74, 6) is -0.909. The Balaban J connectivity index is 1.70. The highest BCUT2D eigenvalue weighted by molar-refractivity contribution is 7.90. The van der Waals surface area contributed by atoms with Gasteiger partial charge >= 0.3 is 6.03 Å². The van der Waals surface area contributed by atoms with Gasteiger partial charge in [-0.2, -0.15) is 0 Å². The zero-order valence-electron chi connectivity index (χ0n) is 20.6. The van der Waals surface area contributed by atoms with Crippen LogP contribution in [-0.4, -0.2) is 26.5 Å². The van der Waals surface area contributed by atoms with Gasteiger partial charge in [-0.05, 0) is 66.4 Å². The van der Waals surface area contributed by atoms with Crippen LogP contribution in [0.2, 0.25) is 0 Å². The van der Waals surface area contributed by atoms with E-state index in [1.807, 2.05) is 4.72 Å². The van der Waals surface area contributed by atoms with Crippen LogP contribution in [0.1, 0.15) is 22.9 Å². The Morgan fingerprint density at radius 1 is 0.974 bits per heavy atom. The minimum absolute atomic E-state index is 0.0457. The average molecular weight is 538 g/mol. The van der Waals surface area contributed by atoms with Gasteiger partial charge in [0, 0.05) is 17.8 Å². The summed E-state index contributed by atoms with van der Waals surface area (Å²) >= 11 is 0. The van der Waals surface area contributed by atoms with E-state index in [1.165, 1.54) is 12.3 Å². The van der Waals surface area contributed by atoms with Crippen molar-refractivity contribution in [3.05, 3.63) is 114 Å². The van der Waals surface area contributed by atoms with E-state index in [0.717, 1.165) is 23.8 Å². The summed E-state index contributed by atoms with van der Waals surface area (Å²) in [5, 5.41) is 2.64. The number of benzene rings is 3. The Kier molecular flexibility index (Phi) is 8.02. The highest BCUT2D eigenvalue weighted by Crippen LogP contribution is 2.30. The van der Waals surface area contributed by atoms with E-state index < -0.39 is 33.7 Å². The number of ether oxygens (including phenoxy) is 1. The summed E-state index contributed by atoms with van der Waals surface area (Å²) in [6.07, 6.45) is 1.46. The number of pyridine rings is 1. The molecule has 7 nitrogen and oxygen atoms in total. The van der Waals surface area contributed by atoms with Crippen LogP contribution in [0.4, 0.5) is 13.6 Å². The molecule has 2 amide bonds. The second kappa shape index (κ2) is 11.4. The van der Waals surface area contributed by atoms with Gasteiger partial charge in [-0.3, -0.25) is 4.98 Å². The molecule has 0 fully saturated rings. The van der Waals surface area contributed by atoms with Crippen molar-refractivity contribution in [2.45, 2.75) is 24.3 Å². The highest BCUT2D eigenvalue weighted by Gasteiger charge is 2.25. The van der Waals surface area contributed by atoms with Crippen molar-refractivity contribution < 1.29 is 26.7 Å². The molecular formula is C28H25F2N3O4S. The molecule has 4 aromatic rings. The Bertz CT molecular complexity index is 1540. The standard InChI is InChI=1S/C28H25F2N3O4S/c1-18-6-3-4-8-26(18)38(35,36)33-28(34)32-25(16-19-14-21(29)17-22(30)15-19)27-24(7-5-13-31-27)20-9-11-23(37-2)12-10-20/h3-15,17,25H,16H2,1-2H3,(H2,32,33,34). The summed E-state index contributed by atoms with van der Waals surface area (Å²) in [6, 6.07) is 18.0. The molecule has 196 valence electrons. The number of aromatic nitrogens is 1. The van der Waals surface area contributed by atoms with Gasteiger partial charge in [0.2, 0.25) is 0 Å². The molecule has 1 atom stereocenters. The first-order chi connectivity index (χ1) is 18.2. The minimum atomic E-state index is -4.19. The lowest BCUT2D eigenvalue weighted by Gasteiger charge is -2.22. The predicted molar refractivity (Wildman–Crippen MR) is 139 cm³/mol. The lowest BCUT2D eigenvalue weighted by atomic mass is 9.95. The van der Waals surface area contributed by atoms with Gasteiger partial charge in [0.1, 0.15) is 17.4 Å². The number of rotatable bonds is 8. The zero-order valence-corrected chi connectivity index (χ0v) is 21.4. The number of halogens is 2. The molecule has 0 aliphatic rings. The number of carbonyl (C=O) groups is 1. The summed E-state index contributed by atoms with van der Waals surface area (Å²) in [5.41, 5.74) is 2.48. The first-order valence-corrected chi connectivity index (χ1v) is 13.1. The Morgan fingerprint density at radius 2 is 1.66 bits per heavy atom. The van der Waals surface area contributed by atoms with Crippen molar-refractivity contribution in [3.8, 4) is 16.9 Å². The number of methoxy groups -OCH3 is 1. The molecule has 1 unspecified atom stereocenters. The van der Waals surface area contributed by atoms with Crippen LogP contribution >= 0.6 is 0 Å². The van der Waals surface area contributed by atoms with Gasteiger partial charge in [0.05, 0.1) is 23.7 Å². The molecule has 0 aliphatic carbocycles. The number of hydrogen-bond acceptors (Lipinski definition) is 5. The molecule has 0 aliphatic heterocycles. The molecule has 1 aromatic heterocycles. The van der Waals surface area contributed by atoms with E-state index >= 15 is 0 Å². The topological polar surface area (TPSA) is 97.4 Å². The van der Waals surface area contributed by atoms with Crippen molar-refractivity contribution >= 4 is 16.1 Å². The van der Waals surface area contributed by atoms with Gasteiger partial charge in [-0.1, -0.05) is 36.4 Å². The third kappa shape index (κ3) is 6.33. The third-order valence-corrected chi connectivity index (χ3v) is 7.34. The fraction of sp³-hybridized carbons (Fsp3) is 0.143. The second-order valence-corrected chi connectivity index (χ2v) is 10.2. The molecule has 0 bridgehead atoms. The number of sulfonamides is 1. The lowest BCUT2D eigenvalue weighted by molar-refractivity contribution is 0.242. The molecule has 0 spiro atoms. The molecule has 3 aromatic carbocycles.